The first-order valence-electron chi connectivity index (χ1n) is 11.7. The minimum Gasteiger partial charge on any atom is -0.335 e. The number of halogens is 1. The molecule has 8 heteroatoms. The van der Waals surface area contributed by atoms with Crippen molar-refractivity contribution in [2.45, 2.75) is 13.5 Å². The number of hydrogen-bond acceptors (Lipinski definition) is 5. The molecule has 0 radical (unpaired) electrons. The van der Waals surface area contributed by atoms with Crippen LogP contribution in [0.4, 0.5) is 4.39 Å². The molecule has 0 unspecified atom stereocenters. The SMILES string of the molecule is Cc1nn(-c2ccc(F)cc2)c2sc(C(=O)N3CCN(Cc4cccc5cccnc45)CC3)cc12. The summed E-state index contributed by atoms with van der Waals surface area (Å²) in [5.41, 5.74) is 3.90. The number of hydrogen-bond donors (Lipinski definition) is 0. The van der Waals surface area contributed by atoms with Crippen LogP contribution in [0.15, 0.2) is 66.9 Å². The zero-order valence-corrected chi connectivity index (χ0v) is 20.1. The van der Waals surface area contributed by atoms with E-state index in [1.165, 1.54) is 29.0 Å². The Hall–Kier alpha value is -3.62. The van der Waals surface area contributed by atoms with Crippen molar-refractivity contribution in [1.82, 2.24) is 24.6 Å². The van der Waals surface area contributed by atoms with E-state index in [-0.39, 0.29) is 11.7 Å². The van der Waals surface area contributed by atoms with Gasteiger partial charge in [-0.25, -0.2) is 9.07 Å². The fourth-order valence-corrected chi connectivity index (χ4v) is 5.86. The van der Waals surface area contributed by atoms with Gasteiger partial charge in [0.25, 0.3) is 5.91 Å². The number of aryl methyl sites for hydroxylation is 1. The molecule has 2 aromatic carbocycles. The molecular weight excluding hydrogens is 461 g/mol. The molecule has 6 nitrogen and oxygen atoms in total. The Bertz CT molecular complexity index is 1530. The molecule has 0 saturated carbocycles. The highest BCUT2D eigenvalue weighted by Crippen LogP contribution is 2.31. The van der Waals surface area contributed by atoms with E-state index >= 15 is 0 Å². The van der Waals surface area contributed by atoms with Gasteiger partial charge in [0, 0.05) is 49.7 Å². The topological polar surface area (TPSA) is 54.3 Å². The molecule has 35 heavy (non-hydrogen) atoms. The van der Waals surface area contributed by atoms with Gasteiger partial charge in [-0.1, -0.05) is 24.3 Å². The zero-order valence-electron chi connectivity index (χ0n) is 19.3. The van der Waals surface area contributed by atoms with Crippen molar-refractivity contribution in [3.63, 3.8) is 0 Å². The molecule has 3 aromatic heterocycles. The molecule has 1 aliphatic rings. The van der Waals surface area contributed by atoms with E-state index in [9.17, 15) is 9.18 Å². The lowest BCUT2D eigenvalue weighted by molar-refractivity contribution is 0.0633. The molecule has 0 spiro atoms. The molecule has 1 amide bonds. The first-order valence-corrected chi connectivity index (χ1v) is 12.5. The minimum atomic E-state index is -0.285. The Morgan fingerprint density at radius 2 is 1.80 bits per heavy atom. The van der Waals surface area contributed by atoms with Gasteiger partial charge in [0.2, 0.25) is 0 Å². The third-order valence-corrected chi connectivity index (χ3v) is 7.69. The van der Waals surface area contributed by atoms with Crippen molar-refractivity contribution in [3.8, 4) is 5.69 Å². The van der Waals surface area contributed by atoms with Crippen molar-refractivity contribution < 1.29 is 9.18 Å². The largest absolute Gasteiger partial charge is 0.335 e. The fourth-order valence-electron chi connectivity index (χ4n) is 4.71. The molecular formula is C27H24FN5OS. The Morgan fingerprint density at radius 3 is 2.60 bits per heavy atom. The highest BCUT2D eigenvalue weighted by atomic mass is 32.1. The van der Waals surface area contributed by atoms with Crippen molar-refractivity contribution in [1.29, 1.82) is 0 Å². The van der Waals surface area contributed by atoms with Crippen LogP contribution in [0.5, 0.6) is 0 Å². The maximum absolute atomic E-state index is 13.4. The number of benzene rings is 2. The summed E-state index contributed by atoms with van der Waals surface area (Å²) < 4.78 is 15.2. The standard InChI is InChI=1S/C27H24FN5OS/c1-18-23-16-24(35-27(23)33(30-18)22-9-7-21(28)8-10-22)26(34)32-14-12-31(13-15-32)17-20-5-2-4-19-6-3-11-29-25(19)20/h2-11,16H,12-15,17H2,1H3. The predicted molar refractivity (Wildman–Crippen MR) is 137 cm³/mol. The van der Waals surface area contributed by atoms with Crippen LogP contribution in [-0.2, 0) is 6.54 Å². The second kappa shape index (κ2) is 8.87. The number of carbonyl (C=O) groups is 1. The van der Waals surface area contributed by atoms with E-state index in [0.29, 0.717) is 18.0 Å². The molecule has 1 aliphatic heterocycles. The average molecular weight is 486 g/mol. The lowest BCUT2D eigenvalue weighted by Crippen LogP contribution is -2.48. The molecule has 1 saturated heterocycles. The van der Waals surface area contributed by atoms with Crippen molar-refractivity contribution in [2.24, 2.45) is 0 Å². The molecule has 0 N–H and O–H groups in total. The average Bonchev–Trinajstić information content (AvgIpc) is 3.45. The summed E-state index contributed by atoms with van der Waals surface area (Å²) in [5.74, 6) is -0.227. The molecule has 4 heterocycles. The monoisotopic (exact) mass is 485 g/mol. The van der Waals surface area contributed by atoms with Crippen molar-refractivity contribution in [3.05, 3.63) is 88.8 Å². The van der Waals surface area contributed by atoms with Gasteiger partial charge in [-0.2, -0.15) is 5.10 Å². The van der Waals surface area contributed by atoms with Gasteiger partial charge >= 0.3 is 0 Å². The number of para-hydroxylation sites is 1. The molecule has 0 atom stereocenters. The number of thiophene rings is 1. The maximum atomic E-state index is 13.4. The summed E-state index contributed by atoms with van der Waals surface area (Å²) >= 11 is 1.44. The highest BCUT2D eigenvalue weighted by molar-refractivity contribution is 7.20. The molecule has 0 bridgehead atoms. The second-order valence-electron chi connectivity index (χ2n) is 8.86. The van der Waals surface area contributed by atoms with Gasteiger partial charge in [0.05, 0.1) is 21.8 Å². The smallest absolute Gasteiger partial charge is 0.264 e. The number of rotatable bonds is 4. The minimum absolute atomic E-state index is 0.0581. The molecule has 6 rings (SSSR count). The number of amides is 1. The van der Waals surface area contributed by atoms with Gasteiger partial charge < -0.3 is 4.90 Å². The third kappa shape index (κ3) is 4.09. The number of aromatic nitrogens is 3. The maximum Gasteiger partial charge on any atom is 0.264 e. The van der Waals surface area contributed by atoms with Crippen LogP contribution < -0.4 is 0 Å². The first kappa shape index (κ1) is 21.9. The second-order valence-corrected chi connectivity index (χ2v) is 9.89. The summed E-state index contributed by atoms with van der Waals surface area (Å²) in [6.45, 7) is 5.78. The number of fused-ring (bicyclic) bond motifs is 2. The molecule has 5 aromatic rings. The van der Waals surface area contributed by atoms with Gasteiger partial charge in [-0.05, 0) is 48.9 Å². The zero-order chi connectivity index (χ0) is 23.9. The van der Waals surface area contributed by atoms with E-state index in [4.69, 9.17) is 0 Å². The van der Waals surface area contributed by atoms with Crippen molar-refractivity contribution in [2.75, 3.05) is 26.2 Å². The molecule has 176 valence electrons. The van der Waals surface area contributed by atoms with Crippen LogP contribution in [0.1, 0.15) is 20.9 Å². The van der Waals surface area contributed by atoms with Gasteiger partial charge in [0.1, 0.15) is 10.6 Å². The quantitative estimate of drug-likeness (QED) is 0.358. The normalized spacial score (nSPS) is 14.7. The number of nitrogens with zero attached hydrogens (tertiary/aromatic N) is 5. The van der Waals surface area contributed by atoms with E-state index < -0.39 is 0 Å². The van der Waals surface area contributed by atoms with Crippen molar-refractivity contribution >= 4 is 38.4 Å². The fraction of sp³-hybridized carbons (Fsp3) is 0.222. The van der Waals surface area contributed by atoms with E-state index in [0.717, 1.165) is 52.1 Å². The number of piperazine rings is 1. The lowest BCUT2D eigenvalue weighted by atomic mass is 10.1. The Morgan fingerprint density at radius 1 is 1.03 bits per heavy atom. The Labute approximate surface area is 206 Å². The van der Waals surface area contributed by atoms with Crippen LogP contribution in [0.2, 0.25) is 0 Å². The van der Waals surface area contributed by atoms with Crippen LogP contribution in [0.3, 0.4) is 0 Å². The summed E-state index contributed by atoms with van der Waals surface area (Å²) in [7, 11) is 0. The summed E-state index contributed by atoms with van der Waals surface area (Å²) in [6.07, 6.45) is 1.84. The van der Waals surface area contributed by atoms with Crippen LogP contribution in [0, 0.1) is 12.7 Å². The van der Waals surface area contributed by atoms with Crippen LogP contribution in [-0.4, -0.2) is 56.7 Å². The Balaban J connectivity index is 1.17. The summed E-state index contributed by atoms with van der Waals surface area (Å²) in [4.78, 5) is 23.8. The highest BCUT2D eigenvalue weighted by Gasteiger charge is 2.25. The molecule has 0 aliphatic carbocycles. The van der Waals surface area contributed by atoms with Gasteiger partial charge in [-0.3, -0.25) is 14.7 Å². The number of pyridine rings is 1. The number of carbonyl (C=O) groups excluding carboxylic acids is 1. The molecule has 1 fully saturated rings. The summed E-state index contributed by atoms with van der Waals surface area (Å²) in [5, 5.41) is 6.72. The van der Waals surface area contributed by atoms with Crippen LogP contribution in [0.25, 0.3) is 26.8 Å². The van der Waals surface area contributed by atoms with E-state index in [1.54, 1.807) is 16.8 Å². The predicted octanol–water partition coefficient (Wildman–Crippen LogP) is 5.04. The van der Waals surface area contributed by atoms with Crippen LogP contribution >= 0.6 is 11.3 Å². The van der Waals surface area contributed by atoms with Gasteiger partial charge in [0.15, 0.2) is 0 Å². The van der Waals surface area contributed by atoms with E-state index in [2.05, 4.69) is 39.2 Å². The van der Waals surface area contributed by atoms with E-state index in [1.807, 2.05) is 30.2 Å². The van der Waals surface area contributed by atoms with Gasteiger partial charge in [-0.15, -0.1) is 11.3 Å². The summed E-state index contributed by atoms with van der Waals surface area (Å²) in [6, 6.07) is 18.5. The first-order chi connectivity index (χ1) is 17.1. The third-order valence-electron chi connectivity index (χ3n) is 6.60. The Kier molecular flexibility index (Phi) is 5.54. The lowest BCUT2D eigenvalue weighted by Gasteiger charge is -2.34.